The zero-order valence-corrected chi connectivity index (χ0v) is 33.9. The standard InChI is InChI=1S/C59H39NO/c1-59(2)53-24-12-11-23-48(53)49-30-27-39(34-54(49)59)60(55-25-13-16-36-14-3-5-17-41(36)55)40-28-31-50-52-32-37-15-4-6-18-42(37)57(58(52)61-56(50)35-40)38-26-29-47-45-21-8-7-19-43(45)44-20-9-10-22-46(44)51(47)33-38/h3-35H,1-2H3. The highest BCUT2D eigenvalue weighted by atomic mass is 16.3. The molecule has 1 heterocycles. The van der Waals surface area contributed by atoms with Crippen LogP contribution >= 0.6 is 0 Å². The topological polar surface area (TPSA) is 16.4 Å². The van der Waals surface area contributed by atoms with E-state index in [-0.39, 0.29) is 5.41 Å². The molecule has 0 N–H and O–H groups in total. The largest absolute Gasteiger partial charge is 0.455 e. The molecule has 2 nitrogen and oxygen atoms in total. The molecule has 0 saturated carbocycles. The number of fused-ring (bicyclic) bond motifs is 14. The van der Waals surface area contributed by atoms with Crippen molar-refractivity contribution in [1.29, 1.82) is 0 Å². The van der Waals surface area contributed by atoms with Gasteiger partial charge >= 0.3 is 0 Å². The van der Waals surface area contributed by atoms with Crippen molar-refractivity contribution in [2.45, 2.75) is 19.3 Å². The summed E-state index contributed by atoms with van der Waals surface area (Å²) in [5, 5.41) is 14.6. The molecule has 0 saturated heterocycles. The Morgan fingerprint density at radius 3 is 1.74 bits per heavy atom. The van der Waals surface area contributed by atoms with Gasteiger partial charge in [0.1, 0.15) is 11.2 Å². The highest BCUT2D eigenvalue weighted by molar-refractivity contribution is 6.27. The van der Waals surface area contributed by atoms with Crippen LogP contribution in [0.5, 0.6) is 0 Å². The molecule has 0 fully saturated rings. The van der Waals surface area contributed by atoms with Gasteiger partial charge in [0.05, 0.1) is 5.69 Å². The molecule has 11 aromatic carbocycles. The fourth-order valence-corrected chi connectivity index (χ4v) is 10.7. The summed E-state index contributed by atoms with van der Waals surface area (Å²) in [6, 6.07) is 73.6. The van der Waals surface area contributed by atoms with Gasteiger partial charge in [-0.25, -0.2) is 0 Å². The molecule has 2 heteroatoms. The maximum absolute atomic E-state index is 7.19. The third-order valence-electron chi connectivity index (χ3n) is 13.6. The summed E-state index contributed by atoms with van der Waals surface area (Å²) in [7, 11) is 0. The van der Waals surface area contributed by atoms with Gasteiger partial charge < -0.3 is 9.32 Å². The second kappa shape index (κ2) is 12.7. The van der Waals surface area contributed by atoms with Gasteiger partial charge in [0.25, 0.3) is 0 Å². The number of furan rings is 1. The first-order chi connectivity index (χ1) is 30.0. The Hall–Kier alpha value is -7.68. The quantitative estimate of drug-likeness (QED) is 0.166. The second-order valence-corrected chi connectivity index (χ2v) is 17.2. The average molecular weight is 778 g/mol. The maximum atomic E-state index is 7.19. The highest BCUT2D eigenvalue weighted by Crippen LogP contribution is 2.52. The summed E-state index contributed by atoms with van der Waals surface area (Å²) in [4.78, 5) is 2.42. The molecule has 0 atom stereocenters. The van der Waals surface area contributed by atoms with Gasteiger partial charge in [-0.15, -0.1) is 0 Å². The van der Waals surface area contributed by atoms with Crippen LogP contribution in [0.25, 0.3) is 98.1 Å². The predicted molar refractivity (Wildman–Crippen MR) is 259 cm³/mol. The summed E-state index contributed by atoms with van der Waals surface area (Å²) >= 11 is 0. The monoisotopic (exact) mass is 777 g/mol. The molecule has 0 radical (unpaired) electrons. The van der Waals surface area contributed by atoms with Crippen LogP contribution in [0.15, 0.2) is 205 Å². The van der Waals surface area contributed by atoms with Gasteiger partial charge in [0.2, 0.25) is 0 Å². The van der Waals surface area contributed by atoms with Gasteiger partial charge in [-0.1, -0.05) is 166 Å². The molecular weight excluding hydrogens is 739 g/mol. The van der Waals surface area contributed by atoms with Crippen LogP contribution in [0.1, 0.15) is 25.0 Å². The molecule has 1 aliphatic rings. The van der Waals surface area contributed by atoms with E-state index in [4.69, 9.17) is 4.42 Å². The predicted octanol–water partition coefficient (Wildman–Crippen LogP) is 16.8. The van der Waals surface area contributed by atoms with E-state index >= 15 is 0 Å². The average Bonchev–Trinajstić information content (AvgIpc) is 3.78. The van der Waals surface area contributed by atoms with E-state index in [0.717, 1.165) is 50.1 Å². The number of hydrogen-bond acceptors (Lipinski definition) is 2. The lowest BCUT2D eigenvalue weighted by molar-refractivity contribution is 0.660. The molecule has 0 unspecified atom stereocenters. The maximum Gasteiger partial charge on any atom is 0.143 e. The number of rotatable bonds is 4. The van der Waals surface area contributed by atoms with Crippen LogP contribution in [0.3, 0.4) is 0 Å². The molecule has 0 aliphatic heterocycles. The molecule has 12 aromatic rings. The second-order valence-electron chi connectivity index (χ2n) is 17.2. The van der Waals surface area contributed by atoms with E-state index in [0.29, 0.717) is 0 Å². The van der Waals surface area contributed by atoms with Crippen LogP contribution in [-0.4, -0.2) is 0 Å². The van der Waals surface area contributed by atoms with Crippen molar-refractivity contribution >= 4 is 92.9 Å². The van der Waals surface area contributed by atoms with Crippen molar-refractivity contribution in [1.82, 2.24) is 0 Å². The Morgan fingerprint density at radius 1 is 0.377 bits per heavy atom. The Labute approximate surface area is 353 Å². The fourth-order valence-electron chi connectivity index (χ4n) is 10.7. The Balaban J connectivity index is 1.05. The van der Waals surface area contributed by atoms with Crippen molar-refractivity contribution in [3.8, 4) is 22.3 Å². The van der Waals surface area contributed by atoms with Crippen LogP contribution in [0.2, 0.25) is 0 Å². The van der Waals surface area contributed by atoms with E-state index in [1.54, 1.807) is 0 Å². The van der Waals surface area contributed by atoms with Crippen molar-refractivity contribution in [3.05, 3.63) is 211 Å². The van der Waals surface area contributed by atoms with Crippen LogP contribution in [-0.2, 0) is 5.41 Å². The smallest absolute Gasteiger partial charge is 0.143 e. The lowest BCUT2D eigenvalue weighted by atomic mass is 9.82. The number of anilines is 3. The Kier molecular flexibility index (Phi) is 7.10. The normalized spacial score (nSPS) is 13.2. The zero-order valence-electron chi connectivity index (χ0n) is 33.9. The van der Waals surface area contributed by atoms with Crippen LogP contribution in [0.4, 0.5) is 17.1 Å². The van der Waals surface area contributed by atoms with Crippen LogP contribution < -0.4 is 4.90 Å². The molecule has 0 bridgehead atoms. The van der Waals surface area contributed by atoms with Crippen molar-refractivity contribution in [2.75, 3.05) is 4.90 Å². The Morgan fingerprint density at radius 2 is 0.951 bits per heavy atom. The first-order valence-corrected chi connectivity index (χ1v) is 21.3. The summed E-state index contributed by atoms with van der Waals surface area (Å²) in [6.07, 6.45) is 0. The SMILES string of the molecule is CC1(C)c2ccccc2-c2ccc(N(c3ccc4c(c3)oc3c(-c5ccc6c7ccccc7c7ccccc7c6c5)c5ccccc5cc34)c3cccc4ccccc34)cc21. The van der Waals surface area contributed by atoms with Gasteiger partial charge in [-0.3, -0.25) is 0 Å². The first kappa shape index (κ1) is 34.2. The Bertz CT molecular complexity index is 3770. The minimum Gasteiger partial charge on any atom is -0.455 e. The third-order valence-corrected chi connectivity index (χ3v) is 13.6. The van der Waals surface area contributed by atoms with Crippen molar-refractivity contribution in [3.63, 3.8) is 0 Å². The van der Waals surface area contributed by atoms with E-state index in [1.165, 1.54) is 76.1 Å². The molecule has 1 aliphatic carbocycles. The summed E-state index contributed by atoms with van der Waals surface area (Å²) < 4.78 is 7.19. The molecule has 13 rings (SSSR count). The minimum absolute atomic E-state index is 0.129. The summed E-state index contributed by atoms with van der Waals surface area (Å²) in [5.74, 6) is 0. The van der Waals surface area contributed by atoms with Crippen molar-refractivity contribution in [2.24, 2.45) is 0 Å². The van der Waals surface area contributed by atoms with Gasteiger partial charge in [0, 0.05) is 44.6 Å². The number of nitrogens with zero attached hydrogens (tertiary/aromatic N) is 1. The minimum atomic E-state index is -0.129. The molecule has 1 aromatic heterocycles. The van der Waals surface area contributed by atoms with Gasteiger partial charge in [0.15, 0.2) is 0 Å². The van der Waals surface area contributed by atoms with E-state index in [1.807, 2.05) is 0 Å². The number of hydrogen-bond donors (Lipinski definition) is 0. The molecular formula is C59H39NO. The molecule has 61 heavy (non-hydrogen) atoms. The third kappa shape index (κ3) is 4.91. The first-order valence-electron chi connectivity index (χ1n) is 21.3. The summed E-state index contributed by atoms with van der Waals surface area (Å²) in [6.45, 7) is 4.71. The fraction of sp³-hybridized carbons (Fsp3) is 0.0508. The van der Waals surface area contributed by atoms with Crippen molar-refractivity contribution < 1.29 is 4.42 Å². The lowest BCUT2D eigenvalue weighted by Crippen LogP contribution is -2.16. The lowest BCUT2D eigenvalue weighted by Gasteiger charge is -2.29. The number of benzene rings is 11. The van der Waals surface area contributed by atoms with E-state index in [2.05, 4.69) is 219 Å². The molecule has 286 valence electrons. The summed E-state index contributed by atoms with van der Waals surface area (Å²) in [5.41, 5.74) is 12.6. The van der Waals surface area contributed by atoms with Gasteiger partial charge in [-0.2, -0.15) is 0 Å². The van der Waals surface area contributed by atoms with Gasteiger partial charge in [-0.05, 0) is 119 Å². The zero-order chi connectivity index (χ0) is 40.4. The highest BCUT2D eigenvalue weighted by Gasteiger charge is 2.36. The molecule has 0 spiro atoms. The van der Waals surface area contributed by atoms with E-state index < -0.39 is 0 Å². The van der Waals surface area contributed by atoms with E-state index in [9.17, 15) is 0 Å². The molecule has 0 amide bonds. The van der Waals surface area contributed by atoms with Crippen LogP contribution in [0, 0.1) is 0 Å².